The molecule has 11 nitrogen and oxygen atoms in total. The lowest BCUT2D eigenvalue weighted by atomic mass is 9.95. The first-order valence-electron chi connectivity index (χ1n) is 10.00. The van der Waals surface area contributed by atoms with Gasteiger partial charge >= 0.3 is 5.97 Å². The van der Waals surface area contributed by atoms with Crippen LogP contribution in [0.4, 0.5) is 0 Å². The van der Waals surface area contributed by atoms with Gasteiger partial charge in [0, 0.05) is 0 Å². The Bertz CT molecular complexity index is 610. The number of hydrogen-bond acceptors (Lipinski definition) is 7. The summed E-state index contributed by atoms with van der Waals surface area (Å²) in [7, 11) is 0. The van der Waals surface area contributed by atoms with Crippen molar-refractivity contribution in [1.82, 2.24) is 16.0 Å². The third kappa shape index (κ3) is 8.25. The lowest BCUT2D eigenvalue weighted by Crippen LogP contribution is -2.61. The molecule has 7 atom stereocenters. The highest BCUT2D eigenvalue weighted by Crippen LogP contribution is 2.11. The zero-order chi connectivity index (χ0) is 23.8. The van der Waals surface area contributed by atoms with Crippen LogP contribution in [-0.2, 0) is 19.2 Å². The molecule has 0 aliphatic heterocycles. The van der Waals surface area contributed by atoms with Crippen LogP contribution < -0.4 is 21.7 Å². The third-order valence-electron chi connectivity index (χ3n) is 4.91. The summed E-state index contributed by atoms with van der Waals surface area (Å²) in [6.07, 6.45) is -1.96. The monoisotopic (exact) mass is 432 g/mol. The molecule has 0 aliphatic carbocycles. The van der Waals surface area contributed by atoms with Crippen LogP contribution in [0.2, 0.25) is 0 Å². The summed E-state index contributed by atoms with van der Waals surface area (Å²) in [5.41, 5.74) is 5.60. The molecule has 0 fully saturated rings. The van der Waals surface area contributed by atoms with E-state index in [9.17, 15) is 29.4 Å². The summed E-state index contributed by atoms with van der Waals surface area (Å²) in [5, 5.41) is 35.5. The van der Waals surface area contributed by atoms with Crippen molar-refractivity contribution in [2.24, 2.45) is 17.6 Å². The molecule has 174 valence electrons. The quantitative estimate of drug-likeness (QED) is 0.190. The molecule has 0 aromatic rings. The zero-order valence-corrected chi connectivity index (χ0v) is 18.4. The fourth-order valence-electron chi connectivity index (χ4n) is 2.58. The molecule has 0 aromatic heterocycles. The predicted octanol–water partition coefficient (Wildman–Crippen LogP) is -1.68. The standard InChI is InChI=1S/C19H36N4O7/c1-7-9(4)14(18(28)23-15(11(6)25)19(29)30)22-17(27)13(8(2)3)21-16(26)12(20)10(5)24/h8-15,24-25H,7,20H2,1-6H3,(H,21,26)(H,22,27)(H,23,28)(H,29,30). The van der Waals surface area contributed by atoms with E-state index in [1.54, 1.807) is 27.7 Å². The summed E-state index contributed by atoms with van der Waals surface area (Å²) in [4.78, 5) is 48.9. The number of aliphatic carboxylic acids is 1. The second-order valence-corrected chi connectivity index (χ2v) is 7.93. The van der Waals surface area contributed by atoms with Crippen LogP contribution in [-0.4, -0.2) is 75.4 Å². The molecule has 0 aliphatic rings. The van der Waals surface area contributed by atoms with Crippen LogP contribution in [0.3, 0.4) is 0 Å². The van der Waals surface area contributed by atoms with Gasteiger partial charge < -0.3 is 37.0 Å². The van der Waals surface area contributed by atoms with Gasteiger partial charge in [-0.25, -0.2) is 4.79 Å². The molecule has 0 rings (SSSR count). The molecule has 11 heteroatoms. The van der Waals surface area contributed by atoms with E-state index < -0.39 is 60.1 Å². The van der Waals surface area contributed by atoms with Gasteiger partial charge in [-0.1, -0.05) is 34.1 Å². The van der Waals surface area contributed by atoms with Crippen molar-refractivity contribution in [2.75, 3.05) is 0 Å². The van der Waals surface area contributed by atoms with E-state index in [1.807, 2.05) is 0 Å². The van der Waals surface area contributed by atoms with Gasteiger partial charge in [0.05, 0.1) is 12.2 Å². The van der Waals surface area contributed by atoms with E-state index in [1.165, 1.54) is 13.8 Å². The molecule has 3 amide bonds. The first-order valence-corrected chi connectivity index (χ1v) is 10.00. The van der Waals surface area contributed by atoms with E-state index in [2.05, 4.69) is 16.0 Å². The molecule has 0 bridgehead atoms. The van der Waals surface area contributed by atoms with Crippen molar-refractivity contribution in [3.8, 4) is 0 Å². The molecule has 0 spiro atoms. The Labute approximate surface area is 176 Å². The number of carboxylic acid groups (broad SMARTS) is 1. The van der Waals surface area contributed by atoms with Gasteiger partial charge in [-0.15, -0.1) is 0 Å². The van der Waals surface area contributed by atoms with E-state index in [0.29, 0.717) is 6.42 Å². The van der Waals surface area contributed by atoms with Crippen molar-refractivity contribution in [2.45, 2.75) is 84.3 Å². The minimum atomic E-state index is -1.54. The van der Waals surface area contributed by atoms with Crippen molar-refractivity contribution in [1.29, 1.82) is 0 Å². The normalized spacial score (nSPS) is 18.3. The number of carboxylic acids is 1. The van der Waals surface area contributed by atoms with Crippen molar-refractivity contribution >= 4 is 23.7 Å². The minimum absolute atomic E-state index is 0.361. The van der Waals surface area contributed by atoms with Gasteiger partial charge in [-0.3, -0.25) is 14.4 Å². The number of aliphatic hydroxyl groups excluding tert-OH is 2. The minimum Gasteiger partial charge on any atom is -0.480 e. The van der Waals surface area contributed by atoms with E-state index in [-0.39, 0.29) is 11.8 Å². The first-order chi connectivity index (χ1) is 13.7. The largest absolute Gasteiger partial charge is 0.480 e. The number of carbonyl (C=O) groups is 4. The Balaban J connectivity index is 5.51. The van der Waals surface area contributed by atoms with Crippen molar-refractivity contribution in [3.05, 3.63) is 0 Å². The van der Waals surface area contributed by atoms with Crippen LogP contribution in [0.15, 0.2) is 0 Å². The van der Waals surface area contributed by atoms with Gasteiger partial charge in [-0.2, -0.15) is 0 Å². The summed E-state index contributed by atoms with van der Waals surface area (Å²) >= 11 is 0. The molecule has 30 heavy (non-hydrogen) atoms. The van der Waals surface area contributed by atoms with Gasteiger partial charge in [-0.05, 0) is 25.7 Å². The molecule has 8 N–H and O–H groups in total. The fraction of sp³-hybridized carbons (Fsp3) is 0.789. The average Bonchev–Trinajstić information content (AvgIpc) is 2.65. The van der Waals surface area contributed by atoms with E-state index in [4.69, 9.17) is 10.8 Å². The van der Waals surface area contributed by atoms with Gasteiger partial charge in [0.25, 0.3) is 0 Å². The van der Waals surface area contributed by atoms with Gasteiger partial charge in [0.2, 0.25) is 17.7 Å². The van der Waals surface area contributed by atoms with Crippen LogP contribution >= 0.6 is 0 Å². The highest BCUT2D eigenvalue weighted by atomic mass is 16.4. The predicted molar refractivity (Wildman–Crippen MR) is 109 cm³/mol. The second kappa shape index (κ2) is 12.5. The zero-order valence-electron chi connectivity index (χ0n) is 18.4. The molecule has 0 radical (unpaired) electrons. The van der Waals surface area contributed by atoms with E-state index >= 15 is 0 Å². The first kappa shape index (κ1) is 27.8. The molecule has 0 heterocycles. The Kier molecular flexibility index (Phi) is 11.5. The molecular formula is C19H36N4O7. The number of carbonyl (C=O) groups excluding carboxylic acids is 3. The number of rotatable bonds is 12. The van der Waals surface area contributed by atoms with E-state index in [0.717, 1.165) is 0 Å². The topological polar surface area (TPSA) is 191 Å². The number of amides is 3. The molecule has 0 saturated carbocycles. The maximum Gasteiger partial charge on any atom is 0.328 e. The van der Waals surface area contributed by atoms with Crippen molar-refractivity contribution < 1.29 is 34.5 Å². The second-order valence-electron chi connectivity index (χ2n) is 7.93. The van der Waals surface area contributed by atoms with Crippen LogP contribution in [0, 0.1) is 11.8 Å². The lowest BCUT2D eigenvalue weighted by molar-refractivity contribution is -0.145. The summed E-state index contributed by atoms with van der Waals surface area (Å²) in [6.45, 7) is 9.44. The molecule has 0 saturated heterocycles. The summed E-state index contributed by atoms with van der Waals surface area (Å²) in [6, 6.07) is -4.89. The maximum absolute atomic E-state index is 12.8. The van der Waals surface area contributed by atoms with Gasteiger partial charge in [0.1, 0.15) is 18.1 Å². The van der Waals surface area contributed by atoms with Gasteiger partial charge in [0.15, 0.2) is 6.04 Å². The number of nitrogens with one attached hydrogen (secondary N) is 3. The number of aliphatic hydroxyl groups is 2. The summed E-state index contributed by atoms with van der Waals surface area (Å²) in [5.74, 6) is -4.27. The van der Waals surface area contributed by atoms with Crippen LogP contribution in [0.5, 0.6) is 0 Å². The highest BCUT2D eigenvalue weighted by Gasteiger charge is 2.35. The van der Waals surface area contributed by atoms with Crippen LogP contribution in [0.25, 0.3) is 0 Å². The maximum atomic E-state index is 12.8. The Morgan fingerprint density at radius 1 is 0.767 bits per heavy atom. The lowest BCUT2D eigenvalue weighted by Gasteiger charge is -2.29. The highest BCUT2D eigenvalue weighted by molar-refractivity contribution is 5.94. The third-order valence-corrected chi connectivity index (χ3v) is 4.91. The fourth-order valence-corrected chi connectivity index (χ4v) is 2.58. The molecule has 7 unspecified atom stereocenters. The molecule has 0 aromatic carbocycles. The SMILES string of the molecule is CCC(C)C(NC(=O)C(NC(=O)C(N)C(C)O)C(C)C)C(=O)NC(C(=O)O)C(C)O. The van der Waals surface area contributed by atoms with Crippen LogP contribution in [0.1, 0.15) is 48.0 Å². The smallest absolute Gasteiger partial charge is 0.328 e. The van der Waals surface area contributed by atoms with Crippen molar-refractivity contribution in [3.63, 3.8) is 0 Å². The Hall–Kier alpha value is -2.24. The molecular weight excluding hydrogens is 396 g/mol. The Morgan fingerprint density at radius 2 is 1.20 bits per heavy atom. The number of hydrogen-bond donors (Lipinski definition) is 7. The number of nitrogens with two attached hydrogens (primary N) is 1. The Morgan fingerprint density at radius 3 is 1.57 bits per heavy atom. The summed E-state index contributed by atoms with van der Waals surface area (Å²) < 4.78 is 0. The average molecular weight is 433 g/mol.